The van der Waals surface area contributed by atoms with Crippen molar-refractivity contribution in [3.05, 3.63) is 88.2 Å². The summed E-state index contributed by atoms with van der Waals surface area (Å²) in [5, 5.41) is 3.51. The van der Waals surface area contributed by atoms with Crippen LogP contribution < -0.4 is 15.0 Å². The molecule has 0 radical (unpaired) electrons. The van der Waals surface area contributed by atoms with Crippen LogP contribution in [0.3, 0.4) is 0 Å². The van der Waals surface area contributed by atoms with Crippen molar-refractivity contribution in [1.29, 1.82) is 0 Å². The number of halogens is 1. The van der Waals surface area contributed by atoms with Crippen molar-refractivity contribution in [1.82, 2.24) is 20.2 Å². The van der Waals surface area contributed by atoms with Gasteiger partial charge in [-0.15, -0.1) is 11.3 Å². The Morgan fingerprint density at radius 2 is 1.97 bits per heavy atom. The number of thiazole rings is 1. The van der Waals surface area contributed by atoms with Gasteiger partial charge in [-0.1, -0.05) is 35.9 Å². The standard InChI is InChI=1S/C30H30ClN5O2S/c1-38-23-6-4-21(5-7-23)3-2-14-35-15-11-30(12-16-35)19-36(24-8-9-25-28(27(24)30)34-20-39-25)29(37)33-18-22-10-13-32-26(31)17-22/h2-10,13,17,20H,11-12,14-16,18-19H2,1H3,(H,33,37)/b3-2+. The van der Waals surface area contributed by atoms with Crippen LogP contribution in [0.2, 0.25) is 5.15 Å². The first-order chi connectivity index (χ1) is 19.0. The summed E-state index contributed by atoms with van der Waals surface area (Å²) >= 11 is 7.68. The third-order valence-corrected chi connectivity index (χ3v) is 8.85. The van der Waals surface area contributed by atoms with Crippen LogP contribution in [0.15, 0.2) is 66.3 Å². The summed E-state index contributed by atoms with van der Waals surface area (Å²) in [6, 6.07) is 15.8. The van der Waals surface area contributed by atoms with E-state index in [4.69, 9.17) is 21.3 Å². The maximum absolute atomic E-state index is 13.5. The number of carbonyl (C=O) groups excluding carboxylic acids is 1. The van der Waals surface area contributed by atoms with E-state index in [0.29, 0.717) is 18.2 Å². The van der Waals surface area contributed by atoms with Gasteiger partial charge in [0, 0.05) is 36.8 Å². The van der Waals surface area contributed by atoms with E-state index in [1.54, 1.807) is 30.7 Å². The molecule has 2 amide bonds. The molecule has 4 aromatic rings. The van der Waals surface area contributed by atoms with E-state index in [-0.39, 0.29) is 11.4 Å². The molecular formula is C30H30ClN5O2S. The second-order valence-electron chi connectivity index (χ2n) is 10.1. The fourth-order valence-electron chi connectivity index (χ4n) is 5.77. The quantitative estimate of drug-likeness (QED) is 0.288. The lowest BCUT2D eigenvalue weighted by Gasteiger charge is -2.39. The van der Waals surface area contributed by atoms with Gasteiger partial charge in [0.15, 0.2) is 0 Å². The minimum atomic E-state index is -0.101. The lowest BCUT2D eigenvalue weighted by atomic mass is 9.74. The molecule has 2 aliphatic rings. The Kier molecular flexibility index (Phi) is 7.25. The van der Waals surface area contributed by atoms with Crippen molar-refractivity contribution in [2.24, 2.45) is 0 Å². The van der Waals surface area contributed by atoms with Gasteiger partial charge in [0.25, 0.3) is 0 Å². The van der Waals surface area contributed by atoms with Gasteiger partial charge in [0.05, 0.1) is 28.5 Å². The van der Waals surface area contributed by atoms with Gasteiger partial charge in [-0.05, 0) is 73.5 Å². The molecule has 0 atom stereocenters. The second kappa shape index (κ2) is 11.0. The summed E-state index contributed by atoms with van der Waals surface area (Å²) in [7, 11) is 1.68. The zero-order valence-electron chi connectivity index (χ0n) is 21.8. The summed E-state index contributed by atoms with van der Waals surface area (Å²) in [5.41, 5.74) is 7.15. The largest absolute Gasteiger partial charge is 0.497 e. The molecule has 2 aromatic carbocycles. The van der Waals surface area contributed by atoms with E-state index in [1.165, 1.54) is 10.3 Å². The van der Waals surface area contributed by atoms with Crippen molar-refractivity contribution < 1.29 is 9.53 Å². The number of amides is 2. The Labute approximate surface area is 237 Å². The van der Waals surface area contributed by atoms with Gasteiger partial charge in [-0.25, -0.2) is 14.8 Å². The van der Waals surface area contributed by atoms with Crippen LogP contribution >= 0.6 is 22.9 Å². The number of nitrogens with one attached hydrogen (secondary N) is 1. The predicted molar refractivity (Wildman–Crippen MR) is 158 cm³/mol. The number of methoxy groups -OCH3 is 1. The molecule has 1 spiro atoms. The number of fused-ring (bicyclic) bond motifs is 4. The van der Waals surface area contributed by atoms with Crippen LogP contribution in [-0.2, 0) is 12.0 Å². The molecule has 2 aliphatic heterocycles. The number of pyridine rings is 1. The van der Waals surface area contributed by atoms with Gasteiger partial charge in [-0.2, -0.15) is 0 Å². The van der Waals surface area contributed by atoms with Gasteiger partial charge < -0.3 is 10.1 Å². The Balaban J connectivity index is 1.17. The van der Waals surface area contributed by atoms with Gasteiger partial charge in [-0.3, -0.25) is 9.80 Å². The number of piperidine rings is 1. The second-order valence-corrected chi connectivity index (χ2v) is 11.4. The van der Waals surface area contributed by atoms with Gasteiger partial charge in [0.1, 0.15) is 10.9 Å². The van der Waals surface area contributed by atoms with Crippen LogP contribution in [0, 0.1) is 0 Å². The third-order valence-electron chi connectivity index (χ3n) is 7.85. The van der Waals surface area contributed by atoms with Crippen molar-refractivity contribution >= 4 is 50.9 Å². The lowest BCUT2D eigenvalue weighted by Crippen LogP contribution is -2.47. The predicted octanol–water partition coefficient (Wildman–Crippen LogP) is 6.13. The van der Waals surface area contributed by atoms with E-state index in [1.807, 2.05) is 28.6 Å². The molecular weight excluding hydrogens is 530 g/mol. The number of carbonyl (C=O) groups is 1. The van der Waals surface area contributed by atoms with Crippen molar-refractivity contribution in [2.45, 2.75) is 24.8 Å². The fourth-order valence-corrected chi connectivity index (χ4v) is 6.65. The van der Waals surface area contributed by atoms with E-state index in [2.05, 4.69) is 51.6 Å². The third kappa shape index (κ3) is 5.24. The SMILES string of the molecule is COc1ccc(/C=C/CN2CCC3(CC2)CN(C(=O)NCc2ccnc(Cl)c2)c2ccc4scnc4c23)cc1. The summed E-state index contributed by atoms with van der Waals surface area (Å²) in [6.07, 6.45) is 8.01. The smallest absolute Gasteiger partial charge is 0.322 e. The van der Waals surface area contributed by atoms with Crippen LogP contribution in [-0.4, -0.2) is 54.2 Å². The highest BCUT2D eigenvalue weighted by molar-refractivity contribution is 7.16. The van der Waals surface area contributed by atoms with Crippen LogP contribution in [0.1, 0.15) is 29.5 Å². The molecule has 0 unspecified atom stereocenters. The molecule has 1 N–H and O–H groups in total. The number of aromatic nitrogens is 2. The Bertz CT molecular complexity index is 1510. The zero-order chi connectivity index (χ0) is 26.8. The van der Waals surface area contributed by atoms with Crippen molar-refractivity contribution in [2.75, 3.05) is 38.2 Å². The Morgan fingerprint density at radius 3 is 2.74 bits per heavy atom. The molecule has 1 saturated heterocycles. The van der Waals surface area contributed by atoms with E-state index in [9.17, 15) is 4.79 Å². The monoisotopic (exact) mass is 559 g/mol. The van der Waals surface area contributed by atoms with Crippen LogP contribution in [0.5, 0.6) is 5.75 Å². The molecule has 2 aromatic heterocycles. The number of benzene rings is 2. The zero-order valence-corrected chi connectivity index (χ0v) is 23.3. The average molecular weight is 560 g/mol. The molecule has 200 valence electrons. The highest BCUT2D eigenvalue weighted by atomic mass is 35.5. The lowest BCUT2D eigenvalue weighted by molar-refractivity contribution is 0.180. The number of hydrogen-bond acceptors (Lipinski definition) is 6. The molecule has 39 heavy (non-hydrogen) atoms. The van der Waals surface area contributed by atoms with E-state index < -0.39 is 0 Å². The first-order valence-corrected chi connectivity index (χ1v) is 14.4. The summed E-state index contributed by atoms with van der Waals surface area (Å²) < 4.78 is 6.42. The number of nitrogens with zero attached hydrogens (tertiary/aromatic N) is 4. The molecule has 0 aliphatic carbocycles. The molecule has 4 heterocycles. The molecule has 6 rings (SSSR count). The van der Waals surface area contributed by atoms with Gasteiger partial charge >= 0.3 is 6.03 Å². The molecule has 0 bridgehead atoms. The highest BCUT2D eigenvalue weighted by Gasteiger charge is 2.47. The number of rotatable bonds is 6. The minimum absolute atomic E-state index is 0.0968. The van der Waals surface area contributed by atoms with Gasteiger partial charge in [0.2, 0.25) is 0 Å². The highest BCUT2D eigenvalue weighted by Crippen LogP contribution is 2.50. The molecule has 0 saturated carbocycles. The summed E-state index contributed by atoms with van der Waals surface area (Å²) in [4.78, 5) is 26.7. The summed E-state index contributed by atoms with van der Waals surface area (Å²) in [5.74, 6) is 0.865. The first-order valence-electron chi connectivity index (χ1n) is 13.1. The normalized spacial score (nSPS) is 16.7. The number of urea groups is 1. The minimum Gasteiger partial charge on any atom is -0.497 e. The Hall–Kier alpha value is -3.46. The van der Waals surface area contributed by atoms with Crippen molar-refractivity contribution in [3.8, 4) is 5.75 Å². The average Bonchev–Trinajstić information content (AvgIpc) is 3.56. The molecule has 9 heteroatoms. The van der Waals surface area contributed by atoms with E-state index >= 15 is 0 Å². The van der Waals surface area contributed by atoms with E-state index in [0.717, 1.165) is 60.6 Å². The first kappa shape index (κ1) is 25.8. The number of hydrogen-bond donors (Lipinski definition) is 1. The van der Waals surface area contributed by atoms with Crippen molar-refractivity contribution in [3.63, 3.8) is 0 Å². The summed E-state index contributed by atoms with van der Waals surface area (Å²) in [6.45, 7) is 3.90. The maximum atomic E-state index is 13.5. The topological polar surface area (TPSA) is 70.6 Å². The number of likely N-dealkylation sites (tertiary alicyclic amines) is 1. The maximum Gasteiger partial charge on any atom is 0.322 e. The number of anilines is 1. The van der Waals surface area contributed by atoms with Crippen LogP contribution in [0.4, 0.5) is 10.5 Å². The fraction of sp³-hybridized carbons (Fsp3) is 0.300. The number of ether oxygens (including phenoxy) is 1. The molecule has 1 fully saturated rings. The Morgan fingerprint density at radius 1 is 1.15 bits per heavy atom. The molecule has 7 nitrogen and oxygen atoms in total. The van der Waals surface area contributed by atoms with Crippen LogP contribution in [0.25, 0.3) is 16.3 Å².